The largest absolute Gasteiger partial charge is 0.451 e. The second-order valence-corrected chi connectivity index (χ2v) is 12.1. The molecule has 0 radical (unpaired) electrons. The molecular weight excluding hydrogens is 550 g/mol. The van der Waals surface area contributed by atoms with Crippen LogP contribution in [0.2, 0.25) is 0 Å². The number of carbonyl (C=O) groups is 4. The lowest BCUT2D eigenvalue weighted by Gasteiger charge is -2.37. The third kappa shape index (κ3) is 7.05. The number of pyridine rings is 1. The van der Waals surface area contributed by atoms with Gasteiger partial charge in [0.15, 0.2) is 6.10 Å². The van der Waals surface area contributed by atoms with Gasteiger partial charge in [-0.05, 0) is 57.2 Å². The highest BCUT2D eigenvalue weighted by Gasteiger charge is 2.39. The number of methoxy groups -OCH3 is 1. The highest BCUT2D eigenvalue weighted by molar-refractivity contribution is 5.91. The molecule has 0 spiro atoms. The molecule has 232 valence electrons. The topological polar surface area (TPSA) is 130 Å². The van der Waals surface area contributed by atoms with Gasteiger partial charge in [-0.25, -0.2) is 5.43 Å². The van der Waals surface area contributed by atoms with Crippen LogP contribution in [0, 0.1) is 11.3 Å². The lowest BCUT2D eigenvalue weighted by atomic mass is 9.90. The van der Waals surface area contributed by atoms with Crippen molar-refractivity contribution in [1.29, 1.82) is 0 Å². The van der Waals surface area contributed by atoms with Gasteiger partial charge in [0, 0.05) is 26.1 Å². The summed E-state index contributed by atoms with van der Waals surface area (Å²) in [5.41, 5.74) is 4.15. The summed E-state index contributed by atoms with van der Waals surface area (Å²) in [7, 11) is 3.23. The number of aromatic nitrogens is 1. The van der Waals surface area contributed by atoms with Crippen LogP contribution in [0.1, 0.15) is 64.8 Å². The summed E-state index contributed by atoms with van der Waals surface area (Å²) < 4.78 is 11.2. The maximum atomic E-state index is 13.5. The SMILES string of the molecule is COC[C@@]1(C)/C=C/c2ccc3ccc(nc3c2)[C@@H](C)N(C)C(=O)C2CCCN(N2)C(=O)[C@H](C)NC(=O)C(C(C)C)OC1=O. The molecule has 43 heavy (non-hydrogen) atoms. The number of benzene rings is 1. The summed E-state index contributed by atoms with van der Waals surface area (Å²) in [5, 5.41) is 5.04. The zero-order chi connectivity index (χ0) is 31.5. The van der Waals surface area contributed by atoms with Crippen LogP contribution in [0.25, 0.3) is 17.0 Å². The molecule has 4 rings (SSSR count). The minimum absolute atomic E-state index is 0.0271. The Morgan fingerprint density at radius 2 is 1.84 bits per heavy atom. The number of nitrogens with zero attached hydrogens (tertiary/aromatic N) is 3. The molecule has 1 fully saturated rings. The number of likely N-dealkylation sites (N-methyl/N-ethyl adjacent to an activating group) is 1. The van der Waals surface area contributed by atoms with Gasteiger partial charge in [-0.2, -0.15) is 0 Å². The standard InChI is InChI=1S/C32H43N5O6/c1-19(2)27-28(38)33-20(3)29(39)37-16-8-9-25(35-37)30(40)36(6)21(4)24-13-12-23-11-10-22(17-26(23)34-24)14-15-32(5,18-42-7)31(41)43-27/h10-15,17,19-21,25,27,35H,8-9,16,18H2,1-7H3,(H,33,38)/b15-14+/t20-,21+,25?,27?,32+/m0/s1. The molecule has 5 atom stereocenters. The summed E-state index contributed by atoms with van der Waals surface area (Å²) in [6, 6.07) is 7.81. The van der Waals surface area contributed by atoms with Crippen molar-refractivity contribution in [2.24, 2.45) is 11.3 Å². The average molecular weight is 594 g/mol. The molecule has 2 unspecified atom stereocenters. The van der Waals surface area contributed by atoms with Gasteiger partial charge in [0.05, 0.1) is 23.9 Å². The highest BCUT2D eigenvalue weighted by atomic mass is 16.6. The molecule has 1 aromatic heterocycles. The number of nitrogens with one attached hydrogen (secondary N) is 2. The molecule has 3 amide bonds. The van der Waals surface area contributed by atoms with Gasteiger partial charge in [-0.1, -0.05) is 44.2 Å². The lowest BCUT2D eigenvalue weighted by Crippen LogP contribution is -2.61. The lowest BCUT2D eigenvalue weighted by molar-refractivity contribution is -0.168. The van der Waals surface area contributed by atoms with E-state index in [1.807, 2.05) is 37.3 Å². The zero-order valence-corrected chi connectivity index (χ0v) is 26.0. The molecule has 11 nitrogen and oxygen atoms in total. The molecule has 5 bridgehead atoms. The van der Waals surface area contributed by atoms with Gasteiger partial charge in [-0.15, -0.1) is 0 Å². The van der Waals surface area contributed by atoms with E-state index in [9.17, 15) is 19.2 Å². The van der Waals surface area contributed by atoms with Crippen LogP contribution in [0.5, 0.6) is 0 Å². The van der Waals surface area contributed by atoms with E-state index in [0.29, 0.717) is 19.4 Å². The van der Waals surface area contributed by atoms with Gasteiger partial charge in [0.1, 0.15) is 17.5 Å². The first kappa shape index (κ1) is 32.1. The number of carbonyl (C=O) groups excluding carboxylic acids is 4. The number of cyclic esters (lactones) is 1. The van der Waals surface area contributed by atoms with Crippen molar-refractivity contribution >= 4 is 40.7 Å². The van der Waals surface area contributed by atoms with E-state index in [0.717, 1.165) is 22.2 Å². The molecule has 1 saturated heterocycles. The minimum Gasteiger partial charge on any atom is -0.451 e. The number of hydrazine groups is 1. The fourth-order valence-corrected chi connectivity index (χ4v) is 5.33. The molecule has 2 aliphatic heterocycles. The molecule has 11 heteroatoms. The van der Waals surface area contributed by atoms with Crippen molar-refractivity contribution in [2.75, 3.05) is 27.3 Å². The molecule has 0 aliphatic carbocycles. The Bertz CT molecular complexity index is 1410. The van der Waals surface area contributed by atoms with Gasteiger partial charge in [0.25, 0.3) is 11.8 Å². The molecule has 0 saturated carbocycles. The van der Waals surface area contributed by atoms with Crippen molar-refractivity contribution in [1.82, 2.24) is 25.6 Å². The summed E-state index contributed by atoms with van der Waals surface area (Å²) in [6.45, 7) is 9.14. The Labute approximate surface area is 252 Å². The van der Waals surface area contributed by atoms with Gasteiger partial charge < -0.3 is 19.7 Å². The predicted octanol–water partition coefficient (Wildman–Crippen LogP) is 3.00. The summed E-state index contributed by atoms with van der Waals surface area (Å²) in [6.07, 6.45) is 3.56. The van der Waals surface area contributed by atoms with Crippen molar-refractivity contribution in [3.8, 4) is 0 Å². The molecule has 2 aromatic rings. The first-order chi connectivity index (χ1) is 20.3. The molecule has 2 N–H and O–H groups in total. The van der Waals surface area contributed by atoms with E-state index < -0.39 is 35.5 Å². The molecule has 3 heterocycles. The van der Waals surface area contributed by atoms with Gasteiger partial charge in [-0.3, -0.25) is 29.2 Å². The normalized spacial score (nSPS) is 28.7. The van der Waals surface area contributed by atoms with E-state index >= 15 is 0 Å². The number of esters is 1. The fourth-order valence-electron chi connectivity index (χ4n) is 5.33. The van der Waals surface area contributed by atoms with Gasteiger partial charge in [0.2, 0.25) is 5.91 Å². The molecule has 1 aromatic carbocycles. The number of hydrogen-bond acceptors (Lipinski definition) is 8. The van der Waals surface area contributed by atoms with Crippen LogP contribution >= 0.6 is 0 Å². The Kier molecular flexibility index (Phi) is 9.86. The van der Waals surface area contributed by atoms with Crippen LogP contribution in [-0.4, -0.2) is 84.1 Å². The van der Waals surface area contributed by atoms with E-state index in [4.69, 9.17) is 14.5 Å². The first-order valence-corrected chi connectivity index (χ1v) is 14.8. The second-order valence-electron chi connectivity index (χ2n) is 12.1. The number of rotatable bonds is 3. The van der Waals surface area contributed by atoms with Crippen LogP contribution in [0.15, 0.2) is 36.4 Å². The minimum atomic E-state index is -1.20. The summed E-state index contributed by atoms with van der Waals surface area (Å²) in [5.74, 6) is -2.11. The third-order valence-electron chi connectivity index (χ3n) is 8.23. The van der Waals surface area contributed by atoms with E-state index in [1.54, 1.807) is 51.8 Å². The molecule has 2 aliphatic rings. The predicted molar refractivity (Wildman–Crippen MR) is 162 cm³/mol. The van der Waals surface area contributed by atoms with Crippen molar-refractivity contribution in [3.63, 3.8) is 0 Å². The zero-order valence-electron chi connectivity index (χ0n) is 26.0. The van der Waals surface area contributed by atoms with Crippen LogP contribution in [-0.2, 0) is 28.7 Å². The maximum Gasteiger partial charge on any atom is 0.318 e. The second kappa shape index (κ2) is 13.2. The summed E-state index contributed by atoms with van der Waals surface area (Å²) >= 11 is 0. The van der Waals surface area contributed by atoms with Crippen LogP contribution in [0.4, 0.5) is 0 Å². The van der Waals surface area contributed by atoms with Crippen LogP contribution in [0.3, 0.4) is 0 Å². The smallest absolute Gasteiger partial charge is 0.318 e. The Hall–Kier alpha value is -3.83. The van der Waals surface area contributed by atoms with E-state index in [2.05, 4.69) is 10.7 Å². The summed E-state index contributed by atoms with van der Waals surface area (Å²) in [4.78, 5) is 60.3. The number of ether oxygens (including phenoxy) is 2. The number of amides is 3. The average Bonchev–Trinajstić information content (AvgIpc) is 3.00. The number of fused-ring (bicyclic) bond motifs is 4. The Morgan fingerprint density at radius 3 is 2.53 bits per heavy atom. The van der Waals surface area contributed by atoms with Crippen molar-refractivity contribution in [3.05, 3.63) is 47.7 Å². The molecular formula is C32H43N5O6. The van der Waals surface area contributed by atoms with E-state index in [1.165, 1.54) is 12.1 Å². The maximum absolute atomic E-state index is 13.5. The quantitative estimate of drug-likeness (QED) is 0.520. The fraction of sp³-hybridized carbons (Fsp3) is 0.531. The van der Waals surface area contributed by atoms with E-state index in [-0.39, 0.29) is 30.4 Å². The third-order valence-corrected chi connectivity index (χ3v) is 8.23. The van der Waals surface area contributed by atoms with Crippen molar-refractivity contribution in [2.45, 2.75) is 71.7 Å². The first-order valence-electron chi connectivity index (χ1n) is 14.8. The Morgan fingerprint density at radius 1 is 1.12 bits per heavy atom. The van der Waals surface area contributed by atoms with Crippen LogP contribution < -0.4 is 10.7 Å². The van der Waals surface area contributed by atoms with Gasteiger partial charge >= 0.3 is 5.97 Å². The highest BCUT2D eigenvalue weighted by Crippen LogP contribution is 2.27. The van der Waals surface area contributed by atoms with Crippen molar-refractivity contribution < 1.29 is 28.7 Å². The monoisotopic (exact) mass is 593 g/mol. The number of hydrogen-bond donors (Lipinski definition) is 2. The Balaban J connectivity index is 1.77.